The first-order chi connectivity index (χ1) is 8.72. The molecule has 1 N–H and O–H groups in total. The first-order valence-electron chi connectivity index (χ1n) is 5.72. The van der Waals surface area contributed by atoms with Crippen LogP contribution in [0, 0.1) is 11.6 Å². The van der Waals surface area contributed by atoms with Gasteiger partial charge in [-0.15, -0.1) is 0 Å². The first kappa shape index (κ1) is 11.0. The van der Waals surface area contributed by atoms with Crippen LogP contribution < -0.4 is 0 Å². The number of rotatable bonds is 2. The second kappa shape index (κ2) is 4.26. The Morgan fingerprint density at radius 3 is 2.44 bits per heavy atom. The SMILES string of the molecule is Fc1cc(F)cc(Cc2c[nH]c3ccccc23)c1. The Kier molecular flexibility index (Phi) is 2.59. The summed E-state index contributed by atoms with van der Waals surface area (Å²) in [5.74, 6) is -1.07. The number of hydrogen-bond acceptors (Lipinski definition) is 0. The molecule has 2 aromatic carbocycles. The van der Waals surface area contributed by atoms with E-state index in [0.717, 1.165) is 22.5 Å². The van der Waals surface area contributed by atoms with Gasteiger partial charge in [0, 0.05) is 23.2 Å². The monoisotopic (exact) mass is 243 g/mol. The van der Waals surface area contributed by atoms with E-state index in [9.17, 15) is 8.78 Å². The molecule has 0 bridgehead atoms. The molecule has 3 heteroatoms. The highest BCUT2D eigenvalue weighted by Crippen LogP contribution is 2.21. The molecule has 0 aliphatic heterocycles. The van der Waals surface area contributed by atoms with Crippen molar-refractivity contribution in [1.82, 2.24) is 4.98 Å². The molecule has 1 nitrogen and oxygen atoms in total. The number of hydrogen-bond donors (Lipinski definition) is 1. The van der Waals surface area contributed by atoms with Crippen molar-refractivity contribution >= 4 is 10.9 Å². The molecule has 18 heavy (non-hydrogen) atoms. The molecule has 0 fully saturated rings. The largest absolute Gasteiger partial charge is 0.361 e. The van der Waals surface area contributed by atoms with Crippen molar-refractivity contribution in [3.05, 3.63) is 71.4 Å². The van der Waals surface area contributed by atoms with Crippen LogP contribution in [-0.4, -0.2) is 4.98 Å². The van der Waals surface area contributed by atoms with Gasteiger partial charge in [0.1, 0.15) is 11.6 Å². The third kappa shape index (κ3) is 1.99. The van der Waals surface area contributed by atoms with Crippen LogP contribution in [0.4, 0.5) is 8.78 Å². The van der Waals surface area contributed by atoms with E-state index in [1.54, 1.807) is 0 Å². The third-order valence-electron chi connectivity index (χ3n) is 2.99. The topological polar surface area (TPSA) is 15.8 Å². The Morgan fingerprint density at radius 2 is 1.67 bits per heavy atom. The molecule has 0 aliphatic rings. The lowest BCUT2D eigenvalue weighted by Gasteiger charge is -2.01. The maximum Gasteiger partial charge on any atom is 0.126 e. The molecular formula is C15H11F2N. The average Bonchev–Trinajstić information content (AvgIpc) is 2.72. The number of nitrogens with one attached hydrogen (secondary N) is 1. The van der Waals surface area contributed by atoms with Crippen molar-refractivity contribution in [2.24, 2.45) is 0 Å². The zero-order valence-electron chi connectivity index (χ0n) is 9.58. The number of aromatic amines is 1. The third-order valence-corrected chi connectivity index (χ3v) is 2.99. The van der Waals surface area contributed by atoms with Crippen molar-refractivity contribution in [2.75, 3.05) is 0 Å². The second-order valence-electron chi connectivity index (χ2n) is 4.31. The second-order valence-corrected chi connectivity index (χ2v) is 4.31. The summed E-state index contributed by atoms with van der Waals surface area (Å²) in [5.41, 5.74) is 2.71. The standard InChI is InChI=1S/C15H11F2N/c16-12-6-10(7-13(17)8-12)5-11-9-18-15-4-2-1-3-14(11)15/h1-4,6-9,18H,5H2. The van der Waals surface area contributed by atoms with Gasteiger partial charge in [-0.05, 0) is 35.7 Å². The fourth-order valence-corrected chi connectivity index (χ4v) is 2.21. The Hall–Kier alpha value is -2.16. The maximum atomic E-state index is 13.1. The summed E-state index contributed by atoms with van der Waals surface area (Å²) < 4.78 is 26.2. The van der Waals surface area contributed by atoms with E-state index >= 15 is 0 Å². The van der Waals surface area contributed by atoms with E-state index in [1.165, 1.54) is 12.1 Å². The number of aromatic nitrogens is 1. The average molecular weight is 243 g/mol. The van der Waals surface area contributed by atoms with Crippen molar-refractivity contribution < 1.29 is 8.78 Å². The highest BCUT2D eigenvalue weighted by Gasteiger charge is 2.06. The summed E-state index contributed by atoms with van der Waals surface area (Å²) in [5, 5.41) is 1.09. The predicted octanol–water partition coefficient (Wildman–Crippen LogP) is 4.04. The Labute approximate surface area is 103 Å². The van der Waals surface area contributed by atoms with Crippen LogP contribution in [-0.2, 0) is 6.42 Å². The normalized spacial score (nSPS) is 11.0. The molecule has 3 rings (SSSR count). The molecule has 0 amide bonds. The van der Waals surface area contributed by atoms with Crippen LogP contribution in [0.2, 0.25) is 0 Å². The zero-order chi connectivity index (χ0) is 12.5. The quantitative estimate of drug-likeness (QED) is 0.699. The van der Waals surface area contributed by atoms with Gasteiger partial charge >= 0.3 is 0 Å². The van der Waals surface area contributed by atoms with Crippen molar-refractivity contribution in [3.63, 3.8) is 0 Å². The highest BCUT2D eigenvalue weighted by molar-refractivity contribution is 5.83. The number of benzene rings is 2. The lowest BCUT2D eigenvalue weighted by molar-refractivity contribution is 0.580. The molecule has 90 valence electrons. The van der Waals surface area contributed by atoms with Gasteiger partial charge in [-0.3, -0.25) is 0 Å². The number of halogens is 2. The summed E-state index contributed by atoms with van der Waals surface area (Å²) in [6, 6.07) is 11.5. The van der Waals surface area contributed by atoms with Gasteiger partial charge in [-0.2, -0.15) is 0 Å². The minimum Gasteiger partial charge on any atom is -0.361 e. The summed E-state index contributed by atoms with van der Waals surface area (Å²) in [7, 11) is 0. The first-order valence-corrected chi connectivity index (χ1v) is 5.72. The van der Waals surface area contributed by atoms with E-state index in [4.69, 9.17) is 0 Å². The molecule has 3 aromatic rings. The molecular weight excluding hydrogens is 232 g/mol. The number of H-pyrrole nitrogens is 1. The maximum absolute atomic E-state index is 13.1. The number of fused-ring (bicyclic) bond motifs is 1. The van der Waals surface area contributed by atoms with Gasteiger partial charge in [-0.1, -0.05) is 18.2 Å². The molecule has 1 aromatic heterocycles. The molecule has 0 spiro atoms. The van der Waals surface area contributed by atoms with E-state index in [1.807, 2.05) is 30.5 Å². The van der Waals surface area contributed by atoms with Crippen molar-refractivity contribution in [1.29, 1.82) is 0 Å². The van der Waals surface area contributed by atoms with Crippen LogP contribution in [0.25, 0.3) is 10.9 Å². The predicted molar refractivity (Wildman–Crippen MR) is 67.5 cm³/mol. The van der Waals surface area contributed by atoms with Gasteiger partial charge in [0.05, 0.1) is 0 Å². The molecule has 0 saturated carbocycles. The molecule has 1 heterocycles. The number of para-hydroxylation sites is 1. The van der Waals surface area contributed by atoms with E-state index in [0.29, 0.717) is 12.0 Å². The molecule has 0 radical (unpaired) electrons. The van der Waals surface area contributed by atoms with Gasteiger partial charge in [-0.25, -0.2) is 8.78 Å². The van der Waals surface area contributed by atoms with Gasteiger partial charge < -0.3 is 4.98 Å². The lowest BCUT2D eigenvalue weighted by Crippen LogP contribution is -1.90. The van der Waals surface area contributed by atoms with Gasteiger partial charge in [0.25, 0.3) is 0 Å². The van der Waals surface area contributed by atoms with Crippen molar-refractivity contribution in [2.45, 2.75) is 6.42 Å². The summed E-state index contributed by atoms with van der Waals surface area (Å²) in [6.45, 7) is 0. The van der Waals surface area contributed by atoms with E-state index in [-0.39, 0.29) is 0 Å². The molecule has 0 atom stereocenters. The van der Waals surface area contributed by atoms with Crippen LogP contribution in [0.5, 0.6) is 0 Å². The Balaban J connectivity index is 2.01. The van der Waals surface area contributed by atoms with Gasteiger partial charge in [0.2, 0.25) is 0 Å². The molecule has 0 saturated heterocycles. The molecule has 0 unspecified atom stereocenters. The highest BCUT2D eigenvalue weighted by atomic mass is 19.1. The minimum absolute atomic E-state index is 0.513. The molecule has 0 aliphatic carbocycles. The van der Waals surface area contributed by atoms with Crippen LogP contribution in [0.15, 0.2) is 48.7 Å². The minimum atomic E-state index is -0.537. The zero-order valence-corrected chi connectivity index (χ0v) is 9.58. The van der Waals surface area contributed by atoms with Crippen LogP contribution >= 0.6 is 0 Å². The summed E-state index contributed by atoms with van der Waals surface area (Å²) in [6.07, 6.45) is 2.40. The lowest BCUT2D eigenvalue weighted by atomic mass is 10.0. The summed E-state index contributed by atoms with van der Waals surface area (Å²) >= 11 is 0. The van der Waals surface area contributed by atoms with E-state index < -0.39 is 11.6 Å². The fraction of sp³-hybridized carbons (Fsp3) is 0.0667. The van der Waals surface area contributed by atoms with Crippen molar-refractivity contribution in [3.8, 4) is 0 Å². The fourth-order valence-electron chi connectivity index (χ4n) is 2.21. The Bertz CT molecular complexity index is 680. The van der Waals surface area contributed by atoms with E-state index in [2.05, 4.69) is 4.98 Å². The Morgan fingerprint density at radius 1 is 0.944 bits per heavy atom. The van der Waals surface area contributed by atoms with Crippen LogP contribution in [0.3, 0.4) is 0 Å². The smallest absolute Gasteiger partial charge is 0.126 e. The summed E-state index contributed by atoms with van der Waals surface area (Å²) in [4.78, 5) is 3.15. The van der Waals surface area contributed by atoms with Gasteiger partial charge in [0.15, 0.2) is 0 Å². The van der Waals surface area contributed by atoms with Crippen LogP contribution in [0.1, 0.15) is 11.1 Å².